The number of rotatable bonds is 5. The Morgan fingerprint density at radius 1 is 1.21 bits per heavy atom. The van der Waals surface area contributed by atoms with Crippen LogP contribution in [0.15, 0.2) is 57.9 Å². The van der Waals surface area contributed by atoms with Gasteiger partial charge in [0.2, 0.25) is 15.9 Å². The summed E-state index contributed by atoms with van der Waals surface area (Å²) in [5.41, 5.74) is 0.720. The van der Waals surface area contributed by atoms with Crippen molar-refractivity contribution in [2.45, 2.75) is 17.7 Å². The van der Waals surface area contributed by atoms with Gasteiger partial charge in [0.1, 0.15) is 5.75 Å². The highest BCUT2D eigenvalue weighted by Gasteiger charge is 2.34. The van der Waals surface area contributed by atoms with Gasteiger partial charge < -0.3 is 9.64 Å². The minimum Gasteiger partial charge on any atom is -0.497 e. The molecule has 1 atom stereocenters. The molecular formula is C20H23BrN2O4S. The molecule has 1 heterocycles. The number of hydrogen-bond acceptors (Lipinski definition) is 4. The molecular weight excluding hydrogens is 444 g/mol. The predicted octanol–water partition coefficient (Wildman–Crippen LogP) is 3.52. The fourth-order valence-electron chi connectivity index (χ4n) is 3.34. The molecule has 1 aliphatic rings. The summed E-state index contributed by atoms with van der Waals surface area (Å²) in [7, 11) is -0.341. The van der Waals surface area contributed by atoms with E-state index < -0.39 is 10.0 Å². The largest absolute Gasteiger partial charge is 0.497 e. The van der Waals surface area contributed by atoms with Crippen LogP contribution < -0.4 is 9.64 Å². The standard InChI is InChI=1S/C20H23BrN2O4S/c1-22(17-6-3-7-18(13-17)27-2)20(24)15-5-4-12-23(14-15)28(25,26)19-10-8-16(21)9-11-19/h3,6-11,13,15H,4-5,12,14H2,1-2H3/t15-/m0/s1. The van der Waals surface area contributed by atoms with Gasteiger partial charge in [0.05, 0.1) is 17.9 Å². The maximum atomic E-state index is 13.0. The van der Waals surface area contributed by atoms with Crippen molar-refractivity contribution in [2.75, 3.05) is 32.1 Å². The van der Waals surface area contributed by atoms with E-state index >= 15 is 0 Å². The lowest BCUT2D eigenvalue weighted by molar-refractivity contribution is -0.123. The lowest BCUT2D eigenvalue weighted by atomic mass is 9.98. The second kappa shape index (κ2) is 8.63. The molecule has 1 aliphatic heterocycles. The topological polar surface area (TPSA) is 66.9 Å². The average Bonchev–Trinajstić information content (AvgIpc) is 2.73. The second-order valence-electron chi connectivity index (χ2n) is 6.75. The lowest BCUT2D eigenvalue weighted by Gasteiger charge is -2.33. The molecule has 1 fully saturated rings. The van der Waals surface area contributed by atoms with E-state index in [-0.39, 0.29) is 23.3 Å². The third kappa shape index (κ3) is 4.39. The van der Waals surface area contributed by atoms with Crippen LogP contribution in [-0.2, 0) is 14.8 Å². The van der Waals surface area contributed by atoms with Crippen LogP contribution in [-0.4, -0.2) is 45.9 Å². The zero-order valence-electron chi connectivity index (χ0n) is 15.8. The molecule has 150 valence electrons. The molecule has 28 heavy (non-hydrogen) atoms. The van der Waals surface area contributed by atoms with Crippen LogP contribution in [0.25, 0.3) is 0 Å². The summed E-state index contributed by atoms with van der Waals surface area (Å²) in [5, 5.41) is 0. The molecule has 3 rings (SSSR count). The fourth-order valence-corrected chi connectivity index (χ4v) is 5.13. The van der Waals surface area contributed by atoms with Gasteiger partial charge in [0.25, 0.3) is 0 Å². The Labute approximate surface area is 174 Å². The first kappa shape index (κ1) is 20.8. The quantitative estimate of drug-likeness (QED) is 0.675. The number of halogens is 1. The summed E-state index contributed by atoms with van der Waals surface area (Å²) < 4.78 is 33.4. The number of amides is 1. The van der Waals surface area contributed by atoms with Crippen LogP contribution in [0.5, 0.6) is 5.75 Å². The molecule has 0 unspecified atom stereocenters. The Balaban J connectivity index is 1.76. The van der Waals surface area contributed by atoms with Crippen LogP contribution in [0.2, 0.25) is 0 Å². The molecule has 0 saturated carbocycles. The van der Waals surface area contributed by atoms with Gasteiger partial charge >= 0.3 is 0 Å². The molecule has 8 heteroatoms. The molecule has 2 aromatic carbocycles. The van der Waals surface area contributed by atoms with Gasteiger partial charge in [-0.2, -0.15) is 4.31 Å². The monoisotopic (exact) mass is 466 g/mol. The minimum atomic E-state index is -3.62. The van der Waals surface area contributed by atoms with E-state index in [1.807, 2.05) is 18.2 Å². The number of carbonyl (C=O) groups is 1. The Hall–Kier alpha value is -1.90. The van der Waals surface area contributed by atoms with Gasteiger partial charge in [-0.15, -0.1) is 0 Å². The Bertz CT molecular complexity index is 947. The van der Waals surface area contributed by atoms with Gasteiger partial charge in [-0.05, 0) is 49.2 Å². The number of anilines is 1. The van der Waals surface area contributed by atoms with Crippen molar-refractivity contribution in [3.8, 4) is 5.75 Å². The zero-order chi connectivity index (χ0) is 20.3. The van der Waals surface area contributed by atoms with Crippen LogP contribution in [0, 0.1) is 5.92 Å². The summed E-state index contributed by atoms with van der Waals surface area (Å²) in [6.45, 7) is 0.608. The second-order valence-corrected chi connectivity index (χ2v) is 9.61. The third-order valence-corrected chi connectivity index (χ3v) is 7.36. The third-order valence-electron chi connectivity index (χ3n) is 4.96. The van der Waals surface area contributed by atoms with E-state index in [1.165, 1.54) is 4.31 Å². The van der Waals surface area contributed by atoms with Gasteiger partial charge in [-0.1, -0.05) is 22.0 Å². The molecule has 0 N–H and O–H groups in total. The maximum absolute atomic E-state index is 13.0. The molecule has 0 spiro atoms. The normalized spacial score (nSPS) is 17.9. The van der Waals surface area contributed by atoms with Crippen LogP contribution >= 0.6 is 15.9 Å². The minimum absolute atomic E-state index is 0.0936. The van der Waals surface area contributed by atoms with Crippen molar-refractivity contribution < 1.29 is 17.9 Å². The number of methoxy groups -OCH3 is 1. The number of ether oxygens (including phenoxy) is 1. The van der Waals surface area contributed by atoms with E-state index in [0.29, 0.717) is 25.1 Å². The zero-order valence-corrected chi connectivity index (χ0v) is 18.2. The molecule has 6 nitrogen and oxygen atoms in total. The highest BCUT2D eigenvalue weighted by atomic mass is 79.9. The van der Waals surface area contributed by atoms with Gasteiger partial charge in [0, 0.05) is 36.4 Å². The Kier molecular flexibility index (Phi) is 6.42. The molecule has 1 amide bonds. The summed E-state index contributed by atoms with van der Waals surface area (Å²) in [6.07, 6.45) is 1.32. The number of hydrogen-bond donors (Lipinski definition) is 0. The van der Waals surface area contributed by atoms with Crippen molar-refractivity contribution in [2.24, 2.45) is 5.92 Å². The first-order chi connectivity index (χ1) is 13.3. The highest BCUT2D eigenvalue weighted by molar-refractivity contribution is 9.10. The average molecular weight is 467 g/mol. The van der Waals surface area contributed by atoms with Crippen molar-refractivity contribution >= 4 is 37.5 Å². The van der Waals surface area contributed by atoms with E-state index in [2.05, 4.69) is 15.9 Å². The van der Waals surface area contributed by atoms with Crippen molar-refractivity contribution in [3.63, 3.8) is 0 Å². The summed E-state index contributed by atoms with van der Waals surface area (Å²) >= 11 is 3.32. The van der Waals surface area contributed by atoms with Crippen LogP contribution in [0.1, 0.15) is 12.8 Å². The number of nitrogens with zero attached hydrogens (tertiary/aromatic N) is 2. The van der Waals surface area contributed by atoms with Crippen molar-refractivity contribution in [1.82, 2.24) is 4.31 Å². The van der Waals surface area contributed by atoms with Gasteiger partial charge in [0.15, 0.2) is 0 Å². The molecule has 0 bridgehead atoms. The Morgan fingerprint density at radius 2 is 1.93 bits per heavy atom. The molecule has 0 aromatic heterocycles. The first-order valence-electron chi connectivity index (χ1n) is 9.00. The number of piperidine rings is 1. The van der Waals surface area contributed by atoms with E-state index in [4.69, 9.17) is 4.74 Å². The summed E-state index contributed by atoms with van der Waals surface area (Å²) in [5.74, 6) is 0.194. The molecule has 0 radical (unpaired) electrons. The number of carbonyl (C=O) groups excluding carboxylic acids is 1. The SMILES string of the molecule is COc1cccc(N(C)C(=O)[C@H]2CCCN(S(=O)(=O)c3ccc(Br)cc3)C2)c1. The molecule has 1 saturated heterocycles. The van der Waals surface area contributed by atoms with E-state index in [9.17, 15) is 13.2 Å². The molecule has 0 aliphatic carbocycles. The van der Waals surface area contributed by atoms with Crippen LogP contribution in [0.3, 0.4) is 0 Å². The maximum Gasteiger partial charge on any atom is 0.243 e. The van der Waals surface area contributed by atoms with E-state index in [1.54, 1.807) is 49.4 Å². The van der Waals surface area contributed by atoms with Crippen molar-refractivity contribution in [1.29, 1.82) is 0 Å². The lowest BCUT2D eigenvalue weighted by Crippen LogP contribution is -2.45. The Morgan fingerprint density at radius 3 is 2.61 bits per heavy atom. The smallest absolute Gasteiger partial charge is 0.243 e. The van der Waals surface area contributed by atoms with E-state index in [0.717, 1.165) is 10.2 Å². The number of sulfonamides is 1. The summed E-state index contributed by atoms with van der Waals surface area (Å²) in [4.78, 5) is 14.8. The number of benzene rings is 2. The van der Waals surface area contributed by atoms with Crippen molar-refractivity contribution in [3.05, 3.63) is 53.0 Å². The predicted molar refractivity (Wildman–Crippen MR) is 112 cm³/mol. The molecule has 2 aromatic rings. The van der Waals surface area contributed by atoms with Gasteiger partial charge in [-0.3, -0.25) is 4.79 Å². The first-order valence-corrected chi connectivity index (χ1v) is 11.2. The fraction of sp³-hybridized carbons (Fsp3) is 0.350. The van der Waals surface area contributed by atoms with Crippen LogP contribution in [0.4, 0.5) is 5.69 Å². The summed E-state index contributed by atoms with van der Waals surface area (Å²) in [6, 6.07) is 13.8. The van der Waals surface area contributed by atoms with Gasteiger partial charge in [-0.25, -0.2) is 8.42 Å². The highest BCUT2D eigenvalue weighted by Crippen LogP contribution is 2.28.